The Morgan fingerprint density at radius 1 is 1.25 bits per heavy atom. The molecule has 0 aromatic rings. The Morgan fingerprint density at radius 3 is 2.75 bits per heavy atom. The number of ketones is 2. The van der Waals surface area contributed by atoms with Gasteiger partial charge >= 0.3 is 0 Å². The third-order valence-electron chi connectivity index (χ3n) is 2.79. The summed E-state index contributed by atoms with van der Waals surface area (Å²) in [5.74, 6) is -1.86. The molecule has 0 spiro atoms. The maximum atomic E-state index is 11.4. The van der Waals surface area contributed by atoms with Crippen molar-refractivity contribution in [1.82, 2.24) is 5.32 Å². The molecule has 2 heterocycles. The van der Waals surface area contributed by atoms with Crippen LogP contribution < -0.4 is 5.32 Å². The molecule has 1 aliphatic carbocycles. The summed E-state index contributed by atoms with van der Waals surface area (Å²) in [7, 11) is 0. The molecule has 16 heavy (non-hydrogen) atoms. The molecule has 0 saturated carbocycles. The molecule has 1 amide bonds. The number of aliphatic imine (C=N–C) groups is 1. The summed E-state index contributed by atoms with van der Waals surface area (Å²) in [6.07, 6.45) is -0.0764. The number of allylic oxidation sites excluding steroid dienone is 2. The summed E-state index contributed by atoms with van der Waals surface area (Å²) in [4.78, 5) is 37.9. The topological polar surface area (TPSA) is 95.8 Å². The molecule has 6 nitrogen and oxygen atoms in total. The average Bonchev–Trinajstić information content (AvgIpc) is 2.74. The van der Waals surface area contributed by atoms with Gasteiger partial charge in [-0.15, -0.1) is 0 Å². The van der Waals surface area contributed by atoms with Gasteiger partial charge in [0.05, 0.1) is 17.0 Å². The molecule has 3 rings (SSSR count). The summed E-state index contributed by atoms with van der Waals surface area (Å²) in [6, 6.07) is 0. The van der Waals surface area contributed by atoms with Crippen LogP contribution in [0.15, 0.2) is 27.6 Å². The van der Waals surface area contributed by atoms with Gasteiger partial charge in [-0.3, -0.25) is 19.4 Å². The van der Waals surface area contributed by atoms with Gasteiger partial charge in [-0.05, 0) is 0 Å². The van der Waals surface area contributed by atoms with Crippen LogP contribution in [0.5, 0.6) is 0 Å². The third-order valence-corrected chi connectivity index (χ3v) is 2.79. The molecule has 0 aromatic heterocycles. The average molecular weight is 218 g/mol. The lowest BCUT2D eigenvalue weighted by Gasteiger charge is -2.14. The zero-order valence-electron chi connectivity index (χ0n) is 8.03. The predicted octanol–water partition coefficient (Wildman–Crippen LogP) is -0.821. The highest BCUT2D eigenvalue weighted by Crippen LogP contribution is 2.32. The Bertz CT molecular complexity index is 565. The van der Waals surface area contributed by atoms with E-state index >= 15 is 0 Å². The van der Waals surface area contributed by atoms with E-state index in [1.165, 1.54) is 0 Å². The molecular weight excluding hydrogens is 212 g/mol. The molecule has 6 heteroatoms. The quantitative estimate of drug-likeness (QED) is 0.519. The summed E-state index contributed by atoms with van der Waals surface area (Å²) >= 11 is 0. The van der Waals surface area contributed by atoms with E-state index in [0.717, 1.165) is 0 Å². The minimum absolute atomic E-state index is 0.0461. The van der Waals surface area contributed by atoms with E-state index in [9.17, 15) is 19.5 Å². The Labute approximate surface area is 89.4 Å². The molecule has 0 saturated heterocycles. The second-order valence-corrected chi connectivity index (χ2v) is 3.72. The molecule has 3 aliphatic rings. The Balaban J connectivity index is 2.17. The van der Waals surface area contributed by atoms with Gasteiger partial charge in [0.15, 0.2) is 5.78 Å². The van der Waals surface area contributed by atoms with Gasteiger partial charge in [0.2, 0.25) is 5.78 Å². The highest BCUT2D eigenvalue weighted by molar-refractivity contribution is 6.50. The fourth-order valence-electron chi connectivity index (χ4n) is 2.07. The third kappa shape index (κ3) is 0.906. The lowest BCUT2D eigenvalue weighted by atomic mass is 9.92. The summed E-state index contributed by atoms with van der Waals surface area (Å²) in [6.45, 7) is -0.0461. The number of Topliss-reactive ketones (excluding diaryl/α,β-unsaturated/α-hetero) is 2. The number of hydrogen-bond acceptors (Lipinski definition) is 5. The van der Waals surface area contributed by atoms with E-state index in [1.807, 2.05) is 0 Å². The first-order chi connectivity index (χ1) is 7.59. The number of amides is 1. The van der Waals surface area contributed by atoms with Crippen molar-refractivity contribution in [3.63, 3.8) is 0 Å². The number of rotatable bonds is 0. The summed E-state index contributed by atoms with van der Waals surface area (Å²) in [5, 5.41) is 12.0. The van der Waals surface area contributed by atoms with E-state index in [4.69, 9.17) is 0 Å². The molecule has 0 radical (unpaired) electrons. The first-order valence-electron chi connectivity index (χ1n) is 4.69. The van der Waals surface area contributed by atoms with E-state index < -0.39 is 11.7 Å². The Hall–Kier alpha value is -2.24. The van der Waals surface area contributed by atoms with Crippen LogP contribution in [-0.4, -0.2) is 34.8 Å². The van der Waals surface area contributed by atoms with Crippen molar-refractivity contribution in [3.05, 3.63) is 22.6 Å². The van der Waals surface area contributed by atoms with Gasteiger partial charge in [-0.1, -0.05) is 0 Å². The van der Waals surface area contributed by atoms with Crippen LogP contribution in [0, 0.1) is 0 Å². The van der Waals surface area contributed by atoms with Gasteiger partial charge in [-0.25, -0.2) is 0 Å². The van der Waals surface area contributed by atoms with Gasteiger partial charge in [0, 0.05) is 12.0 Å². The van der Waals surface area contributed by atoms with Crippen LogP contribution in [-0.2, 0) is 14.4 Å². The molecule has 2 aliphatic heterocycles. The van der Waals surface area contributed by atoms with Crippen molar-refractivity contribution in [2.45, 2.75) is 6.42 Å². The molecule has 0 fully saturated rings. The molecule has 2 N–H and O–H groups in total. The fraction of sp³-hybridized carbons (Fsp3) is 0.200. The number of hydrogen-bond donors (Lipinski definition) is 2. The van der Waals surface area contributed by atoms with Gasteiger partial charge < -0.3 is 10.4 Å². The van der Waals surface area contributed by atoms with Crippen molar-refractivity contribution in [3.8, 4) is 0 Å². The lowest BCUT2D eigenvalue weighted by Crippen LogP contribution is -2.25. The van der Waals surface area contributed by atoms with E-state index in [2.05, 4.69) is 10.3 Å². The largest absolute Gasteiger partial charge is 0.511 e. The number of carbonyl (C=O) groups excluding carboxylic acids is 3. The molecule has 0 bridgehead atoms. The van der Waals surface area contributed by atoms with Crippen LogP contribution in [0.4, 0.5) is 0 Å². The van der Waals surface area contributed by atoms with Crippen LogP contribution in [0.3, 0.4) is 0 Å². The van der Waals surface area contributed by atoms with Crippen molar-refractivity contribution < 1.29 is 19.5 Å². The molecule has 80 valence electrons. The molecule has 0 atom stereocenters. The second-order valence-electron chi connectivity index (χ2n) is 3.72. The lowest BCUT2D eigenvalue weighted by molar-refractivity contribution is -0.134. The van der Waals surface area contributed by atoms with Crippen LogP contribution in [0.1, 0.15) is 6.42 Å². The highest BCUT2D eigenvalue weighted by Gasteiger charge is 2.42. The zero-order chi connectivity index (χ0) is 11.4. The summed E-state index contributed by atoms with van der Waals surface area (Å²) < 4.78 is 0. The number of fused-ring (bicyclic) bond motifs is 2. The standard InChI is InChI=1S/C10H6N2O4/c13-4-1-3-7(12-10(16)9(3)15)8-6(4)5(14)2-11-8/h13H,1-2H2,(H,12,15,16). The maximum Gasteiger partial charge on any atom is 0.296 e. The van der Waals surface area contributed by atoms with Gasteiger partial charge in [0.25, 0.3) is 5.91 Å². The van der Waals surface area contributed by atoms with E-state index in [-0.39, 0.29) is 47.1 Å². The van der Waals surface area contributed by atoms with Crippen LogP contribution in [0.25, 0.3) is 0 Å². The van der Waals surface area contributed by atoms with Crippen molar-refractivity contribution >= 4 is 23.2 Å². The first-order valence-corrected chi connectivity index (χ1v) is 4.69. The minimum Gasteiger partial charge on any atom is -0.511 e. The monoisotopic (exact) mass is 218 g/mol. The number of aliphatic hydroxyl groups is 1. The Morgan fingerprint density at radius 2 is 2.00 bits per heavy atom. The minimum atomic E-state index is -0.735. The zero-order valence-corrected chi connectivity index (χ0v) is 8.03. The van der Waals surface area contributed by atoms with Crippen molar-refractivity contribution in [1.29, 1.82) is 0 Å². The second kappa shape index (κ2) is 2.66. The number of nitrogens with zero attached hydrogens (tertiary/aromatic N) is 1. The number of nitrogens with one attached hydrogen (secondary N) is 1. The normalized spacial score (nSPS) is 23.5. The molecule has 0 aromatic carbocycles. The first kappa shape index (κ1) is 9.02. The number of aliphatic hydroxyl groups excluding tert-OH is 1. The van der Waals surface area contributed by atoms with Crippen molar-refractivity contribution in [2.75, 3.05) is 6.54 Å². The van der Waals surface area contributed by atoms with E-state index in [1.54, 1.807) is 0 Å². The van der Waals surface area contributed by atoms with Crippen LogP contribution >= 0.6 is 0 Å². The summed E-state index contributed by atoms with van der Waals surface area (Å²) in [5.41, 5.74) is 0.852. The fourth-order valence-corrected chi connectivity index (χ4v) is 2.07. The van der Waals surface area contributed by atoms with E-state index in [0.29, 0.717) is 0 Å². The van der Waals surface area contributed by atoms with Crippen molar-refractivity contribution in [2.24, 2.45) is 4.99 Å². The van der Waals surface area contributed by atoms with Gasteiger partial charge in [-0.2, -0.15) is 0 Å². The molecular formula is C10H6N2O4. The SMILES string of the molecule is O=C1CN=C2C3=C(CC(O)=C12)C(=O)C(=O)N3. The Kier molecular flexibility index (Phi) is 1.50. The highest BCUT2D eigenvalue weighted by atomic mass is 16.3. The predicted molar refractivity (Wildman–Crippen MR) is 51.8 cm³/mol. The van der Waals surface area contributed by atoms with Gasteiger partial charge in [0.1, 0.15) is 12.3 Å². The molecule has 0 unspecified atom stereocenters. The smallest absolute Gasteiger partial charge is 0.296 e. The number of carbonyl (C=O) groups is 3. The maximum absolute atomic E-state index is 11.4. The van der Waals surface area contributed by atoms with Crippen LogP contribution in [0.2, 0.25) is 0 Å².